The smallest absolute Gasteiger partial charge is 0.419 e. The second-order valence-electron chi connectivity index (χ2n) is 20.0. The van der Waals surface area contributed by atoms with Crippen molar-refractivity contribution >= 4 is 65.3 Å². The van der Waals surface area contributed by atoms with Crippen LogP contribution in [0.4, 0.5) is 25.5 Å². The van der Waals surface area contributed by atoms with Crippen LogP contribution in [-0.4, -0.2) is 100 Å². The third-order valence-corrected chi connectivity index (χ3v) is 14.0. The quantitative estimate of drug-likeness (QED) is 0.0581. The number of nitrogens with zero attached hydrogens (tertiary/aromatic N) is 7. The highest BCUT2D eigenvalue weighted by Crippen LogP contribution is 2.35. The summed E-state index contributed by atoms with van der Waals surface area (Å²) in [6.45, 7) is 16.2. The number of likely N-dealkylation sites (tertiary alicyclic amines) is 1. The lowest BCUT2D eigenvalue weighted by Crippen LogP contribution is -2.53. The van der Waals surface area contributed by atoms with Gasteiger partial charge in [0.25, 0.3) is 5.91 Å². The Labute approximate surface area is 394 Å². The first-order valence-corrected chi connectivity index (χ1v) is 27.3. The van der Waals surface area contributed by atoms with Gasteiger partial charge in [-0.3, -0.25) is 24.1 Å². The molecule has 0 saturated carbocycles. The Hall–Kier alpha value is -5.89. The molecule has 67 heavy (non-hydrogen) atoms. The zero-order valence-electron chi connectivity index (χ0n) is 40.3. The molecule has 3 aromatic heterocycles. The van der Waals surface area contributed by atoms with Crippen molar-refractivity contribution in [2.75, 3.05) is 43.7 Å². The summed E-state index contributed by atoms with van der Waals surface area (Å²) in [6, 6.07) is 14.5. The molecule has 5 heterocycles. The molecule has 2 aromatic carbocycles. The van der Waals surface area contributed by atoms with Crippen molar-refractivity contribution in [2.24, 2.45) is 0 Å². The van der Waals surface area contributed by atoms with E-state index in [2.05, 4.69) is 53.7 Å². The summed E-state index contributed by atoms with van der Waals surface area (Å²) in [6.07, 6.45) is 8.60. The van der Waals surface area contributed by atoms with Crippen molar-refractivity contribution in [3.63, 3.8) is 0 Å². The van der Waals surface area contributed by atoms with E-state index in [0.717, 1.165) is 90.1 Å². The maximum atomic E-state index is 15.7. The van der Waals surface area contributed by atoms with Gasteiger partial charge in [0.2, 0.25) is 5.91 Å². The van der Waals surface area contributed by atoms with Crippen LogP contribution >= 0.6 is 0 Å². The van der Waals surface area contributed by atoms with Gasteiger partial charge >= 0.3 is 12.1 Å². The number of aromatic nitrogens is 4. The van der Waals surface area contributed by atoms with Gasteiger partial charge in [0, 0.05) is 74.9 Å². The first kappa shape index (κ1) is 49.0. The maximum Gasteiger partial charge on any atom is 0.419 e. The minimum Gasteiger partial charge on any atom is -0.443 e. The minimum atomic E-state index is -1.34. The van der Waals surface area contributed by atoms with E-state index in [-0.39, 0.29) is 48.8 Å². The Bertz CT molecular complexity index is 2710. The minimum absolute atomic E-state index is 0.0628. The van der Waals surface area contributed by atoms with E-state index >= 15 is 4.39 Å². The number of imide groups is 1. The largest absolute Gasteiger partial charge is 0.443 e. The van der Waals surface area contributed by atoms with Gasteiger partial charge in [-0.1, -0.05) is 62.9 Å². The van der Waals surface area contributed by atoms with E-state index in [9.17, 15) is 19.2 Å². The summed E-state index contributed by atoms with van der Waals surface area (Å²) in [5.74, 6) is 5.17. The number of hydrogen-bond donors (Lipinski definition) is 1. The molecule has 2 saturated heterocycles. The van der Waals surface area contributed by atoms with Gasteiger partial charge in [-0.05, 0) is 103 Å². The Morgan fingerprint density at radius 1 is 0.985 bits per heavy atom. The molecule has 7 rings (SSSR count). The van der Waals surface area contributed by atoms with E-state index in [1.165, 1.54) is 4.90 Å². The van der Waals surface area contributed by atoms with Crippen LogP contribution < -0.4 is 10.2 Å². The summed E-state index contributed by atoms with van der Waals surface area (Å²) in [5, 5.41) is 9.52. The van der Waals surface area contributed by atoms with Crippen LogP contribution in [0.15, 0.2) is 54.7 Å². The number of aryl methyl sites for hydroxylation is 2. The standard InChI is InChI=1S/C51H65FN8O6Si/c1-35-39-23-22-37(48(62)54-45-32-42-38(33-53-45)31-44(40-21-17-25-56(40)5)60(42)50(64)66-51(2,3)4)30-43(39)59(55-35)26-15-13-11-9-10-12-14-18-36-19-16-20-41(47(36)52)57-27-24-46(61)58(49(57)63)34-65-28-29-67(6,7)8/h16,19-20,22-23,30-33,40H,9-13,15,17,21,24-29,34H2,1-8H3,(H,53,54,62)/t40-/m1/s1. The van der Waals surface area contributed by atoms with Crippen LogP contribution in [0.1, 0.15) is 112 Å². The molecular weight excluding hydrogens is 868 g/mol. The lowest BCUT2D eigenvalue weighted by Gasteiger charge is -2.34. The molecule has 16 heteroatoms. The van der Waals surface area contributed by atoms with Crippen molar-refractivity contribution < 1.29 is 33.0 Å². The molecule has 0 unspecified atom stereocenters. The van der Waals surface area contributed by atoms with Crippen molar-refractivity contribution in [1.29, 1.82) is 0 Å². The van der Waals surface area contributed by atoms with Crippen LogP contribution in [0, 0.1) is 24.6 Å². The average molecular weight is 933 g/mol. The molecule has 5 aromatic rings. The third-order valence-electron chi connectivity index (χ3n) is 12.3. The van der Waals surface area contributed by atoms with Gasteiger partial charge in [0.1, 0.15) is 18.1 Å². The molecule has 2 aliphatic rings. The van der Waals surface area contributed by atoms with Crippen LogP contribution in [0.3, 0.4) is 0 Å². The Morgan fingerprint density at radius 2 is 1.76 bits per heavy atom. The molecule has 0 spiro atoms. The van der Waals surface area contributed by atoms with Crippen molar-refractivity contribution in [3.05, 3.63) is 83.1 Å². The van der Waals surface area contributed by atoms with Gasteiger partial charge in [0.15, 0.2) is 5.82 Å². The number of urea groups is 1. The number of unbranched alkanes of at least 4 members (excludes halogenated alkanes) is 5. The van der Waals surface area contributed by atoms with Crippen LogP contribution in [0.5, 0.6) is 0 Å². The number of hydrogen-bond acceptors (Lipinski definition) is 9. The second-order valence-corrected chi connectivity index (χ2v) is 25.6. The fourth-order valence-electron chi connectivity index (χ4n) is 8.64. The van der Waals surface area contributed by atoms with Crippen molar-refractivity contribution in [1.82, 2.24) is 29.1 Å². The number of nitrogens with one attached hydrogen (secondary N) is 1. The Morgan fingerprint density at radius 3 is 2.51 bits per heavy atom. The molecule has 0 aliphatic carbocycles. The Kier molecular flexibility index (Phi) is 15.3. The summed E-state index contributed by atoms with van der Waals surface area (Å²) in [7, 11) is 0.727. The molecular formula is C51H65FN8O6Si. The number of anilines is 2. The number of halogens is 1. The monoisotopic (exact) mass is 932 g/mol. The van der Waals surface area contributed by atoms with E-state index in [0.29, 0.717) is 36.5 Å². The highest BCUT2D eigenvalue weighted by molar-refractivity contribution is 6.76. The molecule has 1 N–H and O–H groups in total. The highest BCUT2D eigenvalue weighted by atomic mass is 28.3. The van der Waals surface area contributed by atoms with Gasteiger partial charge in [-0.2, -0.15) is 5.10 Å². The van der Waals surface area contributed by atoms with E-state index in [1.807, 2.05) is 50.6 Å². The lowest BCUT2D eigenvalue weighted by atomic mass is 10.1. The summed E-state index contributed by atoms with van der Waals surface area (Å²) in [5.41, 5.74) is 3.34. The number of benzene rings is 2. The van der Waals surface area contributed by atoms with E-state index in [4.69, 9.17) is 14.6 Å². The molecule has 0 radical (unpaired) electrons. The maximum absolute atomic E-state index is 15.7. The van der Waals surface area contributed by atoms with Gasteiger partial charge in [-0.25, -0.2) is 28.4 Å². The summed E-state index contributed by atoms with van der Waals surface area (Å²) in [4.78, 5) is 62.3. The van der Waals surface area contributed by atoms with Gasteiger partial charge in [0.05, 0.1) is 34.0 Å². The third kappa shape index (κ3) is 12.0. The number of carbonyl (C=O) groups is 4. The molecule has 2 aliphatic heterocycles. The van der Waals surface area contributed by atoms with Crippen LogP contribution in [-0.2, 0) is 20.8 Å². The van der Waals surface area contributed by atoms with Gasteiger partial charge < -0.3 is 14.8 Å². The van der Waals surface area contributed by atoms with Crippen LogP contribution in [0.25, 0.3) is 21.8 Å². The zero-order valence-corrected chi connectivity index (χ0v) is 41.3. The number of amides is 4. The number of carbonyl (C=O) groups excluding carboxylic acids is 4. The SMILES string of the molecule is Cc1nn(CCCCCCCC#Cc2cccc(N3CCC(=O)N(COCC[Si](C)(C)C)C3=O)c2F)c2cc(C(=O)Nc3cc4c(cn3)cc([C@H]3CCCN3C)n4C(=O)OC(C)(C)C)ccc12. The first-order valence-electron chi connectivity index (χ1n) is 23.6. The number of rotatable bonds is 16. The predicted molar refractivity (Wildman–Crippen MR) is 263 cm³/mol. The highest BCUT2D eigenvalue weighted by Gasteiger charge is 2.35. The number of ether oxygens (including phenoxy) is 2. The zero-order chi connectivity index (χ0) is 48.0. The lowest BCUT2D eigenvalue weighted by molar-refractivity contribution is -0.133. The second kappa shape index (κ2) is 21.0. The molecule has 14 nitrogen and oxygen atoms in total. The summed E-state index contributed by atoms with van der Waals surface area (Å²) < 4.78 is 30.8. The molecule has 1 atom stereocenters. The van der Waals surface area contributed by atoms with Crippen molar-refractivity contribution in [2.45, 2.75) is 129 Å². The van der Waals surface area contributed by atoms with E-state index in [1.54, 1.807) is 41.1 Å². The fourth-order valence-corrected chi connectivity index (χ4v) is 9.39. The summed E-state index contributed by atoms with van der Waals surface area (Å²) >= 11 is 0. The molecule has 4 amide bonds. The number of fused-ring (bicyclic) bond motifs is 2. The predicted octanol–water partition coefficient (Wildman–Crippen LogP) is 10.5. The topological polar surface area (TPSA) is 144 Å². The molecule has 2 fully saturated rings. The molecule has 356 valence electrons. The molecule has 0 bridgehead atoms. The normalized spacial score (nSPS) is 16.0. The van der Waals surface area contributed by atoms with E-state index < -0.39 is 31.6 Å². The van der Waals surface area contributed by atoms with Gasteiger partial charge in [-0.15, -0.1) is 0 Å². The average Bonchev–Trinajstić information content (AvgIpc) is 3.96. The van der Waals surface area contributed by atoms with Crippen LogP contribution in [0.2, 0.25) is 25.7 Å². The first-order chi connectivity index (χ1) is 31.9. The Balaban J connectivity index is 0.907. The fraction of sp³-hybridized carbons (Fsp3) is 0.490. The number of pyridine rings is 1. The van der Waals surface area contributed by atoms with Crippen molar-refractivity contribution in [3.8, 4) is 11.8 Å².